The molecular formula is C16H21N3O3. The van der Waals surface area contributed by atoms with E-state index in [1.165, 1.54) is 5.56 Å². The van der Waals surface area contributed by atoms with E-state index in [-0.39, 0.29) is 0 Å². The lowest BCUT2D eigenvalue weighted by Crippen LogP contribution is -2.28. The van der Waals surface area contributed by atoms with Crippen LogP contribution in [0.2, 0.25) is 0 Å². The first-order chi connectivity index (χ1) is 10.8. The number of nitrogens with zero attached hydrogens (tertiary/aromatic N) is 2. The summed E-state index contributed by atoms with van der Waals surface area (Å²) in [6, 6.07) is 11.9. The largest absolute Gasteiger partial charge is 0.497 e. The third kappa shape index (κ3) is 5.42. The van der Waals surface area contributed by atoms with E-state index in [1.807, 2.05) is 42.6 Å². The van der Waals surface area contributed by atoms with Gasteiger partial charge in [0.05, 0.1) is 13.7 Å². The number of nitrogens with one attached hydrogen (secondary N) is 1. The van der Waals surface area contributed by atoms with Gasteiger partial charge in [-0.1, -0.05) is 23.8 Å². The maximum Gasteiger partial charge on any atom is 0.118 e. The zero-order valence-corrected chi connectivity index (χ0v) is 12.6. The Kier molecular flexibility index (Phi) is 6.79. The maximum atomic E-state index is 8.50. The van der Waals surface area contributed by atoms with Crippen LogP contribution >= 0.6 is 0 Å². The van der Waals surface area contributed by atoms with Crippen LogP contribution in [-0.4, -0.2) is 35.4 Å². The highest BCUT2D eigenvalue weighted by atomic mass is 16.8. The van der Waals surface area contributed by atoms with Crippen molar-refractivity contribution in [1.29, 1.82) is 0 Å². The molecule has 0 aliphatic heterocycles. The Bertz CT molecular complexity index is 534. The summed E-state index contributed by atoms with van der Waals surface area (Å²) in [5.41, 5.74) is 4.02. The molecule has 0 fully saturated rings. The van der Waals surface area contributed by atoms with Crippen molar-refractivity contribution in [3.05, 3.63) is 59.9 Å². The van der Waals surface area contributed by atoms with Gasteiger partial charge in [-0.15, -0.1) is 0 Å². The number of hydrogen-bond donors (Lipinski definition) is 2. The van der Waals surface area contributed by atoms with Gasteiger partial charge in [-0.05, 0) is 29.3 Å². The van der Waals surface area contributed by atoms with Crippen molar-refractivity contribution in [3.63, 3.8) is 0 Å². The Morgan fingerprint density at radius 1 is 1.14 bits per heavy atom. The van der Waals surface area contributed by atoms with E-state index < -0.39 is 0 Å². The first-order valence-electron chi connectivity index (χ1n) is 7.07. The highest BCUT2D eigenvalue weighted by Gasteiger charge is 2.08. The molecule has 0 bridgehead atoms. The summed E-state index contributed by atoms with van der Waals surface area (Å²) in [5.74, 6) is 0.843. The molecule has 118 valence electrons. The number of hydrogen-bond acceptors (Lipinski definition) is 6. The molecule has 22 heavy (non-hydrogen) atoms. The molecule has 2 aromatic rings. The van der Waals surface area contributed by atoms with Crippen molar-refractivity contribution in [2.45, 2.75) is 13.1 Å². The number of rotatable bonds is 9. The van der Waals surface area contributed by atoms with Crippen molar-refractivity contribution >= 4 is 0 Å². The molecule has 0 radical (unpaired) electrons. The highest BCUT2D eigenvalue weighted by Crippen LogP contribution is 2.14. The lowest BCUT2D eigenvalue weighted by Gasteiger charge is -2.22. The van der Waals surface area contributed by atoms with Crippen LogP contribution in [0, 0.1) is 0 Å². The van der Waals surface area contributed by atoms with Crippen molar-refractivity contribution in [1.82, 2.24) is 15.5 Å². The summed E-state index contributed by atoms with van der Waals surface area (Å²) < 4.78 is 5.17. The minimum atomic E-state index is 0.382. The molecule has 2 rings (SSSR count). The van der Waals surface area contributed by atoms with Crippen LogP contribution in [0.25, 0.3) is 0 Å². The molecule has 0 aliphatic rings. The van der Waals surface area contributed by atoms with Crippen LogP contribution in [-0.2, 0) is 17.9 Å². The van der Waals surface area contributed by atoms with Crippen molar-refractivity contribution < 1.29 is 14.8 Å². The predicted octanol–water partition coefficient (Wildman–Crippen LogP) is 2.00. The van der Waals surface area contributed by atoms with Gasteiger partial charge in [-0.25, -0.2) is 0 Å². The summed E-state index contributed by atoms with van der Waals surface area (Å²) in [7, 11) is 1.66. The average molecular weight is 303 g/mol. The fourth-order valence-electron chi connectivity index (χ4n) is 2.17. The second kappa shape index (κ2) is 9.11. The third-order valence-corrected chi connectivity index (χ3v) is 3.27. The monoisotopic (exact) mass is 303 g/mol. The van der Waals surface area contributed by atoms with E-state index >= 15 is 0 Å². The summed E-state index contributed by atoms with van der Waals surface area (Å²) in [6.07, 6.45) is 3.61. The molecule has 0 spiro atoms. The molecular weight excluding hydrogens is 282 g/mol. The fraction of sp³-hybridized carbons (Fsp3) is 0.312. The smallest absolute Gasteiger partial charge is 0.118 e. The minimum absolute atomic E-state index is 0.382. The average Bonchev–Trinajstić information content (AvgIpc) is 2.56. The van der Waals surface area contributed by atoms with E-state index in [0.29, 0.717) is 13.2 Å². The molecule has 0 saturated heterocycles. The Balaban J connectivity index is 1.99. The number of benzene rings is 1. The zero-order valence-electron chi connectivity index (χ0n) is 12.6. The van der Waals surface area contributed by atoms with Crippen molar-refractivity contribution in [2.75, 3.05) is 20.3 Å². The number of ether oxygens (including phenoxy) is 1. The van der Waals surface area contributed by atoms with E-state index in [4.69, 9.17) is 14.8 Å². The molecule has 0 saturated carbocycles. The van der Waals surface area contributed by atoms with Crippen LogP contribution in [0.5, 0.6) is 5.75 Å². The van der Waals surface area contributed by atoms with Crippen LogP contribution in [0.15, 0.2) is 48.8 Å². The Morgan fingerprint density at radius 3 is 2.55 bits per heavy atom. The molecule has 6 heteroatoms. The lowest BCUT2D eigenvalue weighted by atomic mass is 10.2. The topological polar surface area (TPSA) is 66.9 Å². The van der Waals surface area contributed by atoms with Gasteiger partial charge in [-0.2, -0.15) is 0 Å². The summed E-state index contributed by atoms with van der Waals surface area (Å²) >= 11 is 0. The molecule has 2 N–H and O–H groups in total. The Morgan fingerprint density at radius 2 is 1.91 bits per heavy atom. The molecule has 0 aliphatic carbocycles. The van der Waals surface area contributed by atoms with E-state index in [1.54, 1.807) is 19.0 Å². The molecule has 0 amide bonds. The lowest BCUT2D eigenvalue weighted by molar-refractivity contribution is -0.130. The molecule has 1 heterocycles. The molecule has 0 atom stereocenters. The summed E-state index contributed by atoms with van der Waals surface area (Å²) in [6.45, 7) is 2.59. The van der Waals surface area contributed by atoms with Gasteiger partial charge in [-0.3, -0.25) is 19.9 Å². The summed E-state index contributed by atoms with van der Waals surface area (Å²) in [4.78, 5) is 11.2. The first kappa shape index (κ1) is 16.4. The van der Waals surface area contributed by atoms with Crippen LogP contribution < -0.4 is 10.4 Å². The molecule has 1 aromatic carbocycles. The first-order valence-corrected chi connectivity index (χ1v) is 7.07. The number of aromatic nitrogens is 1. The van der Waals surface area contributed by atoms with E-state index in [9.17, 15) is 0 Å². The number of pyridine rings is 1. The van der Waals surface area contributed by atoms with Gasteiger partial charge >= 0.3 is 0 Å². The van der Waals surface area contributed by atoms with Gasteiger partial charge in [0.1, 0.15) is 5.75 Å². The zero-order chi connectivity index (χ0) is 15.6. The van der Waals surface area contributed by atoms with Crippen molar-refractivity contribution in [2.24, 2.45) is 0 Å². The van der Waals surface area contributed by atoms with Gasteiger partial charge in [0.2, 0.25) is 0 Å². The second-order valence-electron chi connectivity index (χ2n) is 4.86. The minimum Gasteiger partial charge on any atom is -0.497 e. The Hall–Kier alpha value is -1.99. The normalized spacial score (nSPS) is 10.9. The quantitative estimate of drug-likeness (QED) is 0.545. The SMILES string of the molecule is COc1ccc(CN(CCONO)Cc2cccnc2)cc1. The van der Waals surface area contributed by atoms with Crippen LogP contribution in [0.4, 0.5) is 0 Å². The Labute approximate surface area is 130 Å². The molecule has 6 nitrogen and oxygen atoms in total. The molecule has 1 aromatic heterocycles. The van der Waals surface area contributed by atoms with Crippen LogP contribution in [0.1, 0.15) is 11.1 Å². The van der Waals surface area contributed by atoms with Gasteiger partial charge in [0.25, 0.3) is 0 Å². The van der Waals surface area contributed by atoms with Gasteiger partial charge < -0.3 is 4.74 Å². The van der Waals surface area contributed by atoms with Crippen LogP contribution in [0.3, 0.4) is 0 Å². The predicted molar refractivity (Wildman–Crippen MR) is 82.2 cm³/mol. The van der Waals surface area contributed by atoms with Crippen molar-refractivity contribution in [3.8, 4) is 5.75 Å². The van der Waals surface area contributed by atoms with E-state index in [0.717, 1.165) is 24.4 Å². The third-order valence-electron chi connectivity index (χ3n) is 3.27. The fourth-order valence-corrected chi connectivity index (χ4v) is 2.17. The molecule has 0 unspecified atom stereocenters. The summed E-state index contributed by atoms with van der Waals surface area (Å²) in [5, 5.41) is 8.50. The number of methoxy groups -OCH3 is 1. The van der Waals surface area contributed by atoms with Gasteiger partial charge in [0, 0.05) is 32.0 Å². The van der Waals surface area contributed by atoms with Gasteiger partial charge in [0.15, 0.2) is 0 Å². The maximum absolute atomic E-state index is 8.50. The van der Waals surface area contributed by atoms with E-state index in [2.05, 4.69) is 9.88 Å². The second-order valence-corrected chi connectivity index (χ2v) is 4.86. The highest BCUT2D eigenvalue weighted by molar-refractivity contribution is 5.27. The standard InChI is InChI=1S/C16H21N3O3/c1-21-16-6-4-14(5-7-16)12-19(9-10-22-18-20)13-15-3-2-8-17-11-15/h2-8,11,18,20H,9-10,12-13H2,1H3.